The van der Waals surface area contributed by atoms with Crippen LogP contribution >= 0.6 is 0 Å². The van der Waals surface area contributed by atoms with Gasteiger partial charge in [-0.3, -0.25) is 0 Å². The quantitative estimate of drug-likeness (QED) is 0.832. The molecule has 0 amide bonds. The summed E-state index contributed by atoms with van der Waals surface area (Å²) in [5.41, 5.74) is -0.0310. The van der Waals surface area contributed by atoms with Crippen molar-refractivity contribution in [3.05, 3.63) is 35.8 Å². The molecule has 1 atom stereocenters. The lowest BCUT2D eigenvalue weighted by Crippen LogP contribution is -2.16. The number of furan rings is 1. The van der Waals surface area contributed by atoms with Gasteiger partial charge in [0.25, 0.3) is 0 Å². The van der Waals surface area contributed by atoms with Crippen molar-refractivity contribution in [3.63, 3.8) is 0 Å². The van der Waals surface area contributed by atoms with E-state index in [1.807, 2.05) is 0 Å². The zero-order valence-corrected chi connectivity index (χ0v) is 9.14. The van der Waals surface area contributed by atoms with Crippen LogP contribution in [0.4, 0.5) is 4.39 Å². The van der Waals surface area contributed by atoms with Gasteiger partial charge in [-0.25, -0.2) is 9.18 Å². The Morgan fingerprint density at radius 2 is 2.29 bits per heavy atom. The molecule has 1 heterocycles. The zero-order valence-electron chi connectivity index (χ0n) is 9.14. The predicted octanol–water partition coefficient (Wildman–Crippen LogP) is 2.17. The van der Waals surface area contributed by atoms with Crippen LogP contribution in [0.25, 0.3) is 11.0 Å². The Bertz CT molecular complexity index is 546. The molecule has 0 saturated heterocycles. The first-order valence-corrected chi connectivity index (χ1v) is 5.15. The molecule has 1 unspecified atom stereocenters. The number of hydrogen-bond acceptors (Lipinski definition) is 4. The number of benzene rings is 1. The molecular weight excluding hydrogens is 227 g/mol. The number of halogens is 1. The highest BCUT2D eigenvalue weighted by molar-refractivity contribution is 5.86. The van der Waals surface area contributed by atoms with Crippen LogP contribution in [0.15, 0.2) is 28.9 Å². The molecule has 90 valence electrons. The molecule has 5 heteroatoms. The number of ether oxygens (including phenoxy) is 1. The van der Waals surface area contributed by atoms with E-state index >= 15 is 0 Å². The van der Waals surface area contributed by atoms with E-state index in [0.717, 1.165) is 0 Å². The van der Waals surface area contributed by atoms with E-state index in [4.69, 9.17) is 4.42 Å². The molecule has 0 aliphatic rings. The van der Waals surface area contributed by atoms with Gasteiger partial charge in [-0.2, -0.15) is 0 Å². The Morgan fingerprint density at radius 3 is 3.00 bits per heavy atom. The monoisotopic (exact) mass is 238 g/mol. The molecule has 0 radical (unpaired) electrons. The Labute approximate surface area is 96.6 Å². The predicted molar refractivity (Wildman–Crippen MR) is 57.8 cm³/mol. The number of carbonyl (C=O) groups is 1. The molecule has 0 bridgehead atoms. The Kier molecular flexibility index (Phi) is 3.10. The van der Waals surface area contributed by atoms with Crippen molar-refractivity contribution in [2.75, 3.05) is 6.61 Å². The summed E-state index contributed by atoms with van der Waals surface area (Å²) in [5.74, 6) is -1.59. The maximum absolute atomic E-state index is 13.6. The fraction of sp³-hybridized carbons (Fsp3) is 0.250. The van der Waals surface area contributed by atoms with Crippen molar-refractivity contribution < 1.29 is 23.4 Å². The Balaban J connectivity index is 2.49. The van der Waals surface area contributed by atoms with Crippen molar-refractivity contribution in [2.24, 2.45) is 0 Å². The lowest BCUT2D eigenvalue weighted by atomic mass is 10.1. The highest BCUT2D eigenvalue weighted by Gasteiger charge is 2.26. The van der Waals surface area contributed by atoms with Crippen LogP contribution in [-0.2, 0) is 9.53 Å². The van der Waals surface area contributed by atoms with E-state index in [9.17, 15) is 14.3 Å². The summed E-state index contributed by atoms with van der Waals surface area (Å²) < 4.78 is 23.3. The second-order valence-corrected chi connectivity index (χ2v) is 3.45. The van der Waals surface area contributed by atoms with Crippen molar-refractivity contribution in [3.8, 4) is 0 Å². The SMILES string of the molecule is CCOC(=O)C(O)c1c(F)ccc2ccoc12. The van der Waals surface area contributed by atoms with E-state index in [2.05, 4.69) is 4.74 Å². The minimum Gasteiger partial charge on any atom is -0.464 e. The molecule has 0 aliphatic heterocycles. The first-order valence-electron chi connectivity index (χ1n) is 5.15. The third-order valence-corrected chi connectivity index (χ3v) is 2.39. The lowest BCUT2D eigenvalue weighted by molar-refractivity contribution is -0.153. The summed E-state index contributed by atoms with van der Waals surface area (Å²) in [6.45, 7) is 1.72. The van der Waals surface area contributed by atoms with Crippen molar-refractivity contribution in [1.82, 2.24) is 0 Å². The second-order valence-electron chi connectivity index (χ2n) is 3.45. The highest BCUT2D eigenvalue weighted by atomic mass is 19.1. The molecule has 17 heavy (non-hydrogen) atoms. The third-order valence-electron chi connectivity index (χ3n) is 2.39. The average Bonchev–Trinajstić information content (AvgIpc) is 2.76. The van der Waals surface area contributed by atoms with Gasteiger partial charge >= 0.3 is 5.97 Å². The molecule has 1 aromatic heterocycles. The van der Waals surface area contributed by atoms with Crippen molar-refractivity contribution in [1.29, 1.82) is 0 Å². The van der Waals surface area contributed by atoms with E-state index in [1.165, 1.54) is 18.4 Å². The second kappa shape index (κ2) is 4.55. The van der Waals surface area contributed by atoms with Crippen molar-refractivity contribution >= 4 is 16.9 Å². The number of aliphatic hydroxyl groups is 1. The summed E-state index contributed by atoms with van der Waals surface area (Å²) in [4.78, 5) is 11.4. The maximum Gasteiger partial charge on any atom is 0.339 e. The molecule has 0 spiro atoms. The normalized spacial score (nSPS) is 12.6. The van der Waals surface area contributed by atoms with Gasteiger partial charge in [-0.05, 0) is 25.1 Å². The Morgan fingerprint density at radius 1 is 1.53 bits per heavy atom. The number of hydrogen-bond donors (Lipinski definition) is 1. The van der Waals surface area contributed by atoms with E-state index in [-0.39, 0.29) is 17.8 Å². The largest absolute Gasteiger partial charge is 0.464 e. The topological polar surface area (TPSA) is 59.7 Å². The standard InChI is InChI=1S/C12H11FO4/c1-2-16-12(15)10(14)9-8(13)4-3-7-5-6-17-11(7)9/h3-6,10,14H,2H2,1H3. The molecule has 2 rings (SSSR count). The van der Waals surface area contributed by atoms with Gasteiger partial charge in [0.2, 0.25) is 0 Å². The molecule has 1 N–H and O–H groups in total. The lowest BCUT2D eigenvalue weighted by Gasteiger charge is -2.11. The fourth-order valence-corrected chi connectivity index (χ4v) is 1.62. The first kappa shape index (κ1) is 11.6. The van der Waals surface area contributed by atoms with Gasteiger partial charge in [0, 0.05) is 5.39 Å². The Hall–Kier alpha value is -1.88. The number of aliphatic hydroxyl groups excluding tert-OH is 1. The highest BCUT2D eigenvalue weighted by Crippen LogP contribution is 2.28. The molecule has 0 aliphatic carbocycles. The number of rotatable bonds is 3. The van der Waals surface area contributed by atoms with E-state index < -0.39 is 17.9 Å². The number of esters is 1. The number of carbonyl (C=O) groups excluding carboxylic acids is 1. The van der Waals surface area contributed by atoms with Gasteiger partial charge in [0.15, 0.2) is 6.10 Å². The molecule has 1 aromatic carbocycles. The summed E-state index contributed by atoms with van der Waals surface area (Å²) in [6, 6.07) is 4.31. The van der Waals surface area contributed by atoms with Crippen LogP contribution in [0.1, 0.15) is 18.6 Å². The van der Waals surface area contributed by atoms with Crippen LogP contribution in [-0.4, -0.2) is 17.7 Å². The molecule has 0 saturated carbocycles. The van der Waals surface area contributed by atoms with E-state index in [0.29, 0.717) is 5.39 Å². The van der Waals surface area contributed by atoms with Gasteiger partial charge in [0.05, 0.1) is 18.4 Å². The van der Waals surface area contributed by atoms with Crippen LogP contribution in [0.3, 0.4) is 0 Å². The smallest absolute Gasteiger partial charge is 0.339 e. The fourth-order valence-electron chi connectivity index (χ4n) is 1.62. The number of fused-ring (bicyclic) bond motifs is 1. The van der Waals surface area contributed by atoms with Gasteiger partial charge in [-0.1, -0.05) is 0 Å². The van der Waals surface area contributed by atoms with Crippen LogP contribution in [0.5, 0.6) is 0 Å². The first-order chi connectivity index (χ1) is 8.15. The third kappa shape index (κ3) is 2.01. The van der Waals surface area contributed by atoms with Gasteiger partial charge in [-0.15, -0.1) is 0 Å². The average molecular weight is 238 g/mol. The summed E-state index contributed by atoms with van der Waals surface area (Å²) in [5, 5.41) is 10.4. The maximum atomic E-state index is 13.6. The summed E-state index contributed by atoms with van der Waals surface area (Å²) in [7, 11) is 0. The molecule has 2 aromatic rings. The van der Waals surface area contributed by atoms with Gasteiger partial charge < -0.3 is 14.3 Å². The molecular formula is C12H11FO4. The van der Waals surface area contributed by atoms with Crippen LogP contribution in [0.2, 0.25) is 0 Å². The molecule has 0 fully saturated rings. The van der Waals surface area contributed by atoms with Gasteiger partial charge in [0.1, 0.15) is 11.4 Å². The van der Waals surface area contributed by atoms with Crippen LogP contribution < -0.4 is 0 Å². The zero-order chi connectivity index (χ0) is 12.4. The molecule has 4 nitrogen and oxygen atoms in total. The van der Waals surface area contributed by atoms with Crippen molar-refractivity contribution in [2.45, 2.75) is 13.0 Å². The minimum absolute atomic E-state index is 0.117. The minimum atomic E-state index is -1.68. The van der Waals surface area contributed by atoms with Crippen LogP contribution in [0, 0.1) is 5.82 Å². The summed E-state index contributed by atoms with van der Waals surface area (Å²) in [6.07, 6.45) is -0.310. The summed E-state index contributed by atoms with van der Waals surface area (Å²) >= 11 is 0. The van der Waals surface area contributed by atoms with E-state index in [1.54, 1.807) is 13.0 Å².